The van der Waals surface area contributed by atoms with E-state index in [0.29, 0.717) is 5.82 Å². The molecule has 0 aromatic carbocycles. The lowest BCUT2D eigenvalue weighted by atomic mass is 10.0. The Labute approximate surface area is 91.5 Å². The molecule has 15 heavy (non-hydrogen) atoms. The molecular weight excluding hydrogens is 210 g/mol. The number of aromatic nitrogens is 2. The summed E-state index contributed by atoms with van der Waals surface area (Å²) >= 11 is 1.68. The van der Waals surface area contributed by atoms with Crippen LogP contribution < -0.4 is 17.0 Å². The number of aryl methyl sites for hydroxylation is 1. The zero-order valence-corrected chi connectivity index (χ0v) is 9.14. The second kappa shape index (κ2) is 4.01. The molecule has 0 saturated heterocycles. The Balaban J connectivity index is 2.41. The van der Waals surface area contributed by atoms with Gasteiger partial charge in [-0.1, -0.05) is 0 Å². The predicted octanol–water partition coefficient (Wildman–Crippen LogP) is 0.915. The fourth-order valence-corrected chi connectivity index (χ4v) is 2.32. The maximum atomic E-state index is 5.76. The quantitative estimate of drug-likeness (QED) is 0.460. The highest BCUT2D eigenvalue weighted by Crippen LogP contribution is 2.29. The molecule has 0 spiro atoms. The van der Waals surface area contributed by atoms with Gasteiger partial charge in [-0.25, -0.2) is 5.43 Å². The number of hydrogen-bond acceptors (Lipinski definition) is 5. The third kappa shape index (κ3) is 1.74. The fourth-order valence-electron chi connectivity index (χ4n) is 1.58. The minimum Gasteiger partial charge on any atom is -0.384 e. The van der Waals surface area contributed by atoms with Gasteiger partial charge in [0.25, 0.3) is 0 Å². The largest absolute Gasteiger partial charge is 0.384 e. The number of rotatable bonds is 3. The summed E-state index contributed by atoms with van der Waals surface area (Å²) in [5.41, 5.74) is 10.5. The maximum absolute atomic E-state index is 5.76. The van der Waals surface area contributed by atoms with Crippen molar-refractivity contribution < 1.29 is 0 Å². The molecule has 0 aliphatic heterocycles. The first-order valence-corrected chi connectivity index (χ1v) is 5.41. The van der Waals surface area contributed by atoms with Gasteiger partial charge >= 0.3 is 0 Å². The van der Waals surface area contributed by atoms with Crippen molar-refractivity contribution in [3.05, 3.63) is 33.6 Å². The molecule has 5 nitrogen and oxygen atoms in total. The molecule has 1 atom stereocenters. The van der Waals surface area contributed by atoms with Crippen molar-refractivity contribution in [1.82, 2.24) is 15.6 Å². The Kier molecular flexibility index (Phi) is 2.72. The molecular formula is C9H13N5S. The van der Waals surface area contributed by atoms with E-state index >= 15 is 0 Å². The predicted molar refractivity (Wildman–Crippen MR) is 61.2 cm³/mol. The van der Waals surface area contributed by atoms with E-state index in [4.69, 9.17) is 11.6 Å². The van der Waals surface area contributed by atoms with E-state index in [0.717, 1.165) is 11.1 Å². The van der Waals surface area contributed by atoms with E-state index in [2.05, 4.69) is 22.5 Å². The molecule has 0 aliphatic rings. The third-order valence-corrected chi connectivity index (χ3v) is 3.25. The number of nitrogens with zero attached hydrogens (tertiary/aromatic N) is 1. The van der Waals surface area contributed by atoms with Crippen LogP contribution in [0.25, 0.3) is 0 Å². The van der Waals surface area contributed by atoms with Crippen molar-refractivity contribution in [1.29, 1.82) is 0 Å². The van der Waals surface area contributed by atoms with Crippen molar-refractivity contribution in [2.45, 2.75) is 13.0 Å². The molecule has 0 radical (unpaired) electrons. The number of nitrogen functional groups attached to an aromatic ring is 1. The summed E-state index contributed by atoms with van der Waals surface area (Å²) in [6, 6.07) is 1.94. The summed E-state index contributed by atoms with van der Waals surface area (Å²) in [5, 5.41) is 8.62. The topological polar surface area (TPSA) is 92.7 Å². The van der Waals surface area contributed by atoms with Crippen molar-refractivity contribution in [2.24, 2.45) is 5.84 Å². The Bertz CT molecular complexity index is 407. The minimum atomic E-state index is -0.102. The summed E-state index contributed by atoms with van der Waals surface area (Å²) in [6.45, 7) is 2.06. The number of hydrogen-bond donors (Lipinski definition) is 4. The molecule has 2 rings (SSSR count). The van der Waals surface area contributed by atoms with Gasteiger partial charge in [0.05, 0.1) is 12.2 Å². The highest BCUT2D eigenvalue weighted by molar-refractivity contribution is 7.10. The highest BCUT2D eigenvalue weighted by Gasteiger charge is 2.18. The molecule has 0 aliphatic carbocycles. The van der Waals surface area contributed by atoms with E-state index in [1.54, 1.807) is 17.5 Å². The van der Waals surface area contributed by atoms with Gasteiger partial charge in [-0.3, -0.25) is 10.9 Å². The Morgan fingerprint density at radius 2 is 2.33 bits per heavy atom. The minimum absolute atomic E-state index is 0.102. The molecule has 6 heteroatoms. The molecule has 6 N–H and O–H groups in total. The first-order valence-electron chi connectivity index (χ1n) is 4.53. The number of H-pyrrole nitrogens is 1. The first-order chi connectivity index (χ1) is 7.24. The number of nitrogens with two attached hydrogens (primary N) is 2. The zero-order chi connectivity index (χ0) is 10.8. The van der Waals surface area contributed by atoms with Gasteiger partial charge in [-0.15, -0.1) is 11.3 Å². The number of anilines is 1. The molecule has 1 unspecified atom stereocenters. The van der Waals surface area contributed by atoms with Crippen LogP contribution in [0.5, 0.6) is 0 Å². The van der Waals surface area contributed by atoms with Gasteiger partial charge < -0.3 is 5.73 Å². The lowest BCUT2D eigenvalue weighted by Gasteiger charge is -2.14. The number of thiophene rings is 1. The fraction of sp³-hybridized carbons (Fsp3) is 0.222. The van der Waals surface area contributed by atoms with Gasteiger partial charge in [0.2, 0.25) is 0 Å². The van der Waals surface area contributed by atoms with Crippen molar-refractivity contribution in [2.75, 3.05) is 5.73 Å². The number of hydrazine groups is 1. The molecule has 0 saturated carbocycles. The maximum Gasteiger partial charge on any atom is 0.124 e. The van der Waals surface area contributed by atoms with Gasteiger partial charge in [0, 0.05) is 10.4 Å². The molecule has 2 aromatic heterocycles. The van der Waals surface area contributed by atoms with E-state index in [1.807, 2.05) is 11.4 Å². The van der Waals surface area contributed by atoms with Crippen LogP contribution in [-0.2, 0) is 0 Å². The number of aromatic amines is 1. The van der Waals surface area contributed by atoms with Gasteiger partial charge in [0.1, 0.15) is 5.82 Å². The highest BCUT2D eigenvalue weighted by atomic mass is 32.1. The normalized spacial score (nSPS) is 12.9. The van der Waals surface area contributed by atoms with Crippen molar-refractivity contribution in [3.63, 3.8) is 0 Å². The summed E-state index contributed by atoms with van der Waals surface area (Å²) in [6.07, 6.45) is 1.69. The molecule has 0 bridgehead atoms. The van der Waals surface area contributed by atoms with E-state index in [9.17, 15) is 0 Å². The van der Waals surface area contributed by atoms with Crippen LogP contribution in [0.4, 0.5) is 5.82 Å². The van der Waals surface area contributed by atoms with E-state index in [-0.39, 0.29) is 6.04 Å². The van der Waals surface area contributed by atoms with E-state index in [1.165, 1.54) is 4.88 Å². The average molecular weight is 223 g/mol. The van der Waals surface area contributed by atoms with Crippen LogP contribution in [-0.4, -0.2) is 10.2 Å². The van der Waals surface area contributed by atoms with Gasteiger partial charge in [-0.2, -0.15) is 5.10 Å². The van der Waals surface area contributed by atoms with Crippen molar-refractivity contribution >= 4 is 17.2 Å². The molecule has 2 aromatic rings. The smallest absolute Gasteiger partial charge is 0.124 e. The van der Waals surface area contributed by atoms with Crippen LogP contribution in [0.15, 0.2) is 17.6 Å². The third-order valence-electron chi connectivity index (χ3n) is 2.39. The van der Waals surface area contributed by atoms with Gasteiger partial charge in [0.15, 0.2) is 0 Å². The molecule has 0 fully saturated rings. The summed E-state index contributed by atoms with van der Waals surface area (Å²) in [5.74, 6) is 6.10. The molecule has 80 valence electrons. The SMILES string of the molecule is Cc1sccc1C(NN)c1cn[nH]c1N. The summed E-state index contributed by atoms with van der Waals surface area (Å²) in [7, 11) is 0. The summed E-state index contributed by atoms with van der Waals surface area (Å²) < 4.78 is 0. The average Bonchev–Trinajstić information content (AvgIpc) is 2.80. The monoisotopic (exact) mass is 223 g/mol. The first kappa shape index (κ1) is 10.2. The van der Waals surface area contributed by atoms with Crippen LogP contribution >= 0.6 is 11.3 Å². The second-order valence-corrected chi connectivity index (χ2v) is 4.39. The Hall–Kier alpha value is -1.37. The standard InChI is InChI=1S/C9H13N5S/c1-5-6(2-3-15-5)8(13-11)7-4-12-14-9(7)10/h2-4,8,13H,11H2,1H3,(H3,10,12,14). The molecule has 2 heterocycles. The van der Waals surface area contributed by atoms with E-state index < -0.39 is 0 Å². The zero-order valence-electron chi connectivity index (χ0n) is 8.32. The number of nitrogens with one attached hydrogen (secondary N) is 2. The van der Waals surface area contributed by atoms with Gasteiger partial charge in [-0.05, 0) is 23.9 Å². The van der Waals surface area contributed by atoms with Crippen LogP contribution in [0.2, 0.25) is 0 Å². The second-order valence-electron chi connectivity index (χ2n) is 3.27. The molecule has 0 amide bonds. The lowest BCUT2D eigenvalue weighted by Crippen LogP contribution is -2.29. The Morgan fingerprint density at radius 3 is 2.80 bits per heavy atom. The van der Waals surface area contributed by atoms with Crippen molar-refractivity contribution in [3.8, 4) is 0 Å². The summed E-state index contributed by atoms with van der Waals surface area (Å²) in [4.78, 5) is 1.22. The lowest BCUT2D eigenvalue weighted by molar-refractivity contribution is 0.638. The van der Waals surface area contributed by atoms with Crippen LogP contribution in [0, 0.1) is 6.92 Å². The van der Waals surface area contributed by atoms with Crippen LogP contribution in [0.3, 0.4) is 0 Å². The van der Waals surface area contributed by atoms with Crippen LogP contribution in [0.1, 0.15) is 22.0 Å². The Morgan fingerprint density at radius 1 is 1.53 bits per heavy atom.